The number of rotatable bonds is 4. The molecular weight excluding hydrogens is 230 g/mol. The molecule has 0 fully saturated rings. The van der Waals surface area contributed by atoms with E-state index >= 15 is 0 Å². The van der Waals surface area contributed by atoms with Gasteiger partial charge < -0.3 is 4.52 Å². The summed E-state index contributed by atoms with van der Waals surface area (Å²) in [6.07, 6.45) is 0. The molecule has 1 aromatic rings. The molecule has 1 aromatic heterocycles. The van der Waals surface area contributed by atoms with Crippen LogP contribution in [-0.2, 0) is 16.6 Å². The van der Waals surface area contributed by atoms with Crippen molar-refractivity contribution >= 4 is 10.0 Å². The van der Waals surface area contributed by atoms with Gasteiger partial charge in [0.2, 0.25) is 10.0 Å². The Hall–Kier alpha value is -1.39. The first-order valence-corrected chi connectivity index (χ1v) is 6.23. The minimum absolute atomic E-state index is 0.0928. The molecule has 0 aliphatic heterocycles. The second kappa shape index (κ2) is 4.63. The summed E-state index contributed by atoms with van der Waals surface area (Å²) < 4.78 is 30.2. The van der Waals surface area contributed by atoms with Gasteiger partial charge in [-0.25, -0.2) is 13.1 Å². The zero-order chi connectivity index (χ0) is 12.3. The molecule has 0 aliphatic rings. The van der Waals surface area contributed by atoms with Gasteiger partial charge in [0.15, 0.2) is 5.25 Å². The smallest absolute Gasteiger partial charge is 0.227 e. The quantitative estimate of drug-likeness (QED) is 0.836. The topological polar surface area (TPSA) is 96.0 Å². The molecule has 1 atom stereocenters. The van der Waals surface area contributed by atoms with E-state index < -0.39 is 15.3 Å². The summed E-state index contributed by atoms with van der Waals surface area (Å²) in [5.41, 5.74) is 1.35. The summed E-state index contributed by atoms with van der Waals surface area (Å²) >= 11 is 0. The van der Waals surface area contributed by atoms with Crippen molar-refractivity contribution in [1.29, 1.82) is 5.26 Å². The van der Waals surface area contributed by atoms with Gasteiger partial charge in [-0.1, -0.05) is 5.16 Å². The molecule has 0 bridgehead atoms. The minimum atomic E-state index is -3.60. The molecule has 0 aliphatic carbocycles. The molecule has 6 nitrogen and oxygen atoms in total. The van der Waals surface area contributed by atoms with E-state index in [0.717, 1.165) is 0 Å². The summed E-state index contributed by atoms with van der Waals surface area (Å²) in [4.78, 5) is 0. The molecule has 1 N–H and O–H groups in total. The van der Waals surface area contributed by atoms with E-state index in [1.165, 1.54) is 6.92 Å². The highest BCUT2D eigenvalue weighted by molar-refractivity contribution is 7.90. The second-order valence-electron chi connectivity index (χ2n) is 3.44. The summed E-state index contributed by atoms with van der Waals surface area (Å²) in [5, 5.41) is 11.2. The fourth-order valence-electron chi connectivity index (χ4n) is 1.12. The molecule has 88 valence electrons. The third-order valence-electron chi connectivity index (χ3n) is 2.28. The Morgan fingerprint density at radius 1 is 1.56 bits per heavy atom. The van der Waals surface area contributed by atoms with Crippen molar-refractivity contribution in [3.8, 4) is 6.07 Å². The highest BCUT2D eigenvalue weighted by Gasteiger charge is 2.20. The number of nitrogens with one attached hydrogen (secondary N) is 1. The van der Waals surface area contributed by atoms with Crippen molar-refractivity contribution < 1.29 is 12.9 Å². The molecule has 7 heteroatoms. The Balaban J connectivity index is 2.77. The lowest BCUT2D eigenvalue weighted by atomic mass is 10.2. The third-order valence-corrected chi connectivity index (χ3v) is 3.86. The van der Waals surface area contributed by atoms with E-state index in [1.54, 1.807) is 19.9 Å². The van der Waals surface area contributed by atoms with Crippen LogP contribution < -0.4 is 4.72 Å². The van der Waals surface area contributed by atoms with Crippen molar-refractivity contribution in [3.63, 3.8) is 0 Å². The maximum Gasteiger partial charge on any atom is 0.227 e. The molecule has 1 unspecified atom stereocenters. The van der Waals surface area contributed by atoms with E-state index in [0.29, 0.717) is 17.0 Å². The van der Waals surface area contributed by atoms with Gasteiger partial charge >= 0.3 is 0 Å². The summed E-state index contributed by atoms with van der Waals surface area (Å²) in [7, 11) is -3.60. The molecule has 16 heavy (non-hydrogen) atoms. The average Bonchev–Trinajstić information content (AvgIpc) is 2.55. The largest absolute Gasteiger partial charge is 0.361 e. The Morgan fingerprint density at radius 3 is 2.62 bits per heavy atom. The van der Waals surface area contributed by atoms with Crippen molar-refractivity contribution in [2.75, 3.05) is 0 Å². The molecule has 0 saturated carbocycles. The van der Waals surface area contributed by atoms with Gasteiger partial charge in [0, 0.05) is 12.1 Å². The van der Waals surface area contributed by atoms with Gasteiger partial charge in [-0.15, -0.1) is 0 Å². The number of hydrogen-bond donors (Lipinski definition) is 1. The number of sulfonamides is 1. The first-order chi connectivity index (χ1) is 7.38. The van der Waals surface area contributed by atoms with Crippen LogP contribution in [0.4, 0.5) is 0 Å². The van der Waals surface area contributed by atoms with E-state index in [-0.39, 0.29) is 6.54 Å². The molecule has 0 aromatic carbocycles. The predicted octanol–water partition coefficient (Wildman–Crippen LogP) is 0.623. The van der Waals surface area contributed by atoms with Gasteiger partial charge in [0.25, 0.3) is 0 Å². The summed E-state index contributed by atoms with van der Waals surface area (Å²) in [6, 6.07) is 1.67. The normalized spacial score (nSPS) is 13.4. The lowest BCUT2D eigenvalue weighted by molar-refractivity contribution is 0.392. The summed E-state index contributed by atoms with van der Waals surface area (Å²) in [6.45, 7) is 4.86. The van der Waals surface area contributed by atoms with Crippen molar-refractivity contribution in [2.45, 2.75) is 32.6 Å². The Morgan fingerprint density at radius 2 is 2.19 bits per heavy atom. The molecule has 0 saturated heterocycles. The van der Waals surface area contributed by atoms with E-state index in [9.17, 15) is 8.42 Å². The number of hydrogen-bond acceptors (Lipinski definition) is 5. The highest BCUT2D eigenvalue weighted by atomic mass is 32.2. The van der Waals surface area contributed by atoms with Crippen LogP contribution in [0.1, 0.15) is 23.9 Å². The van der Waals surface area contributed by atoms with Crippen molar-refractivity contribution in [2.24, 2.45) is 0 Å². The number of nitriles is 1. The van der Waals surface area contributed by atoms with Crippen molar-refractivity contribution in [3.05, 3.63) is 17.0 Å². The minimum Gasteiger partial charge on any atom is -0.361 e. The van der Waals surface area contributed by atoms with E-state index in [1.807, 2.05) is 0 Å². The SMILES string of the molecule is Cc1noc(C)c1CNS(=O)(=O)C(C)C#N. The van der Waals surface area contributed by atoms with Crippen LogP contribution in [-0.4, -0.2) is 18.8 Å². The fraction of sp³-hybridized carbons (Fsp3) is 0.556. The molecule has 1 rings (SSSR count). The maximum absolute atomic E-state index is 11.5. The van der Waals surface area contributed by atoms with Gasteiger partial charge in [-0.05, 0) is 20.8 Å². The molecule has 0 amide bonds. The van der Waals surface area contributed by atoms with Gasteiger partial charge in [-0.3, -0.25) is 0 Å². The highest BCUT2D eigenvalue weighted by Crippen LogP contribution is 2.12. The van der Waals surface area contributed by atoms with Crippen LogP contribution in [0.2, 0.25) is 0 Å². The first kappa shape index (κ1) is 12.7. The standard InChI is InChI=1S/C9H13N3O3S/c1-6(4-10)16(13,14)11-5-9-7(2)12-15-8(9)3/h6,11H,5H2,1-3H3. The van der Waals surface area contributed by atoms with Gasteiger partial charge in [0.05, 0.1) is 11.8 Å². The van der Waals surface area contributed by atoms with Crippen LogP contribution in [0.5, 0.6) is 0 Å². The zero-order valence-corrected chi connectivity index (χ0v) is 10.1. The molecule has 0 spiro atoms. The van der Waals surface area contributed by atoms with Crippen LogP contribution in [0.3, 0.4) is 0 Å². The fourth-order valence-corrected chi connectivity index (χ4v) is 1.86. The molecular formula is C9H13N3O3S. The lowest BCUT2D eigenvalue weighted by Crippen LogP contribution is -2.31. The lowest BCUT2D eigenvalue weighted by Gasteiger charge is -2.07. The van der Waals surface area contributed by atoms with E-state index in [2.05, 4.69) is 9.88 Å². The predicted molar refractivity (Wildman–Crippen MR) is 56.8 cm³/mol. The van der Waals surface area contributed by atoms with Gasteiger partial charge in [0.1, 0.15) is 5.76 Å². The summed E-state index contributed by atoms with van der Waals surface area (Å²) in [5.74, 6) is 0.574. The molecule has 1 heterocycles. The van der Waals surface area contributed by atoms with Crippen LogP contribution in [0, 0.1) is 25.2 Å². The number of aromatic nitrogens is 1. The first-order valence-electron chi connectivity index (χ1n) is 4.68. The number of aryl methyl sites for hydroxylation is 2. The zero-order valence-electron chi connectivity index (χ0n) is 9.31. The maximum atomic E-state index is 11.5. The Labute approximate surface area is 94.3 Å². The Bertz CT molecular complexity index is 493. The monoisotopic (exact) mass is 243 g/mol. The Kier molecular flexibility index (Phi) is 3.67. The number of nitrogens with zero attached hydrogens (tertiary/aromatic N) is 2. The third kappa shape index (κ3) is 2.59. The van der Waals surface area contributed by atoms with E-state index in [4.69, 9.17) is 9.78 Å². The van der Waals surface area contributed by atoms with Crippen LogP contribution >= 0.6 is 0 Å². The van der Waals surface area contributed by atoms with Gasteiger partial charge in [-0.2, -0.15) is 5.26 Å². The average molecular weight is 243 g/mol. The van der Waals surface area contributed by atoms with Crippen LogP contribution in [0.15, 0.2) is 4.52 Å². The van der Waals surface area contributed by atoms with Crippen molar-refractivity contribution in [1.82, 2.24) is 9.88 Å². The second-order valence-corrected chi connectivity index (χ2v) is 5.53. The molecule has 0 radical (unpaired) electrons. The van der Waals surface area contributed by atoms with Crippen LogP contribution in [0.25, 0.3) is 0 Å².